The molecule has 0 aromatic heterocycles. The van der Waals surface area contributed by atoms with Crippen molar-refractivity contribution < 1.29 is 14.2 Å². The van der Waals surface area contributed by atoms with Crippen LogP contribution in [0.3, 0.4) is 0 Å². The van der Waals surface area contributed by atoms with Crippen LogP contribution in [0.15, 0.2) is 473 Å². The molecule has 0 heterocycles. The molecule has 0 unspecified atom stereocenters. The Morgan fingerprint density at radius 3 is 0.0923 bits per heavy atom. The van der Waals surface area contributed by atoms with Crippen LogP contribution in [0.25, 0.3) is 0 Å². The Morgan fingerprint density at radius 2 is 0.0846 bits per heavy atom. The predicted octanol–water partition coefficient (Wildman–Crippen LogP) is 44.7. The molecule has 0 aliphatic heterocycles. The molecule has 13 rings (SSSR count). The molecule has 0 saturated heterocycles. The third kappa shape index (κ3) is 350. The molecule has 0 N–H and O–H groups in total. The van der Waals surface area contributed by atoms with E-state index in [0.29, 0.717) is 0 Å². The van der Waals surface area contributed by atoms with Gasteiger partial charge in [0.05, 0.1) is 0 Å². The molecule has 0 aliphatic rings. The largest absolute Gasteiger partial charge is 0.388 e. The molecule has 0 bridgehead atoms. The molecule has 0 amide bonds. The van der Waals surface area contributed by atoms with E-state index >= 15 is 0 Å². The van der Waals surface area contributed by atoms with Crippen molar-refractivity contribution in [3.8, 4) is 0 Å². The number of hydrogen-bond acceptors (Lipinski definition) is 3. The summed E-state index contributed by atoms with van der Waals surface area (Å²) in [7, 11) is 9.75. The fourth-order valence-corrected chi connectivity index (χ4v) is 5.00. The van der Waals surface area contributed by atoms with E-state index in [1.807, 2.05) is 750 Å². The fraction of sp³-hybridized carbons (Fsp3) is 0.386. The monoisotopic (exact) mass is 1800 g/mol. The van der Waals surface area contributed by atoms with Crippen molar-refractivity contribution >= 4 is 0 Å². The lowest BCUT2D eigenvalue weighted by molar-refractivity contribution is 0.277. The number of benzene rings is 13. The molecule has 0 spiro atoms. The van der Waals surface area contributed by atoms with Crippen molar-refractivity contribution in [2.45, 2.75) is 297 Å². The Morgan fingerprint density at radius 1 is 0.0769 bits per heavy atom. The van der Waals surface area contributed by atoms with Crippen LogP contribution in [0.2, 0.25) is 0 Å². The molecule has 0 atom stereocenters. The molecule has 3 heteroatoms. The first kappa shape index (κ1) is 184. The van der Waals surface area contributed by atoms with Crippen LogP contribution in [-0.4, -0.2) is 42.7 Å². The summed E-state index contributed by atoms with van der Waals surface area (Å²) in [6, 6.07) is 156. The zero-order chi connectivity index (χ0) is 106. The van der Waals surface area contributed by atoms with E-state index in [-0.39, 0.29) is 0 Å². The molecule has 130 heavy (non-hydrogen) atoms. The van der Waals surface area contributed by atoms with Crippen LogP contribution in [0.5, 0.6) is 0 Å². The van der Waals surface area contributed by atoms with E-state index in [9.17, 15) is 0 Å². The molecule has 0 fully saturated rings. The third-order valence-corrected chi connectivity index (χ3v) is 8.67. The van der Waals surface area contributed by atoms with Gasteiger partial charge >= 0.3 is 0 Å². The van der Waals surface area contributed by atoms with E-state index in [2.05, 4.69) is 28.1 Å². The SMILES string of the molecule is CC.CC.CC.CC.CC.CC.CC.CC.CC.CC.CC.CC.CC.CC.CC.CC.CC.CC.CC.CC.CCC.COC.COC.COC.c1ccccc1.c1ccccc1.c1ccccc1.c1ccccc1.c1ccccc1.c1ccccc1.c1ccccc1.c1ccccc1.c1ccccc1.c1ccccc1.c1ccccc1.c1ccccc1.c1ccccc1. The van der Waals surface area contributed by atoms with Gasteiger partial charge in [0.25, 0.3) is 0 Å². The second kappa shape index (κ2) is 320. The highest BCUT2D eigenvalue weighted by molar-refractivity contribution is 5.06. The van der Waals surface area contributed by atoms with Gasteiger partial charge < -0.3 is 14.2 Å². The summed E-state index contributed by atoms with van der Waals surface area (Å²) in [6.45, 7) is 84.2. The standard InChI is InChI=1S/13C6H6.C3H8.3C2H6O.20C2H6/c13*1-2-4-6-5-3-1;4*1-3-2;20*1-2/h13*1-6H;3H2,1-2H3;3*1-2H3;20*1-2H3. The summed E-state index contributed by atoms with van der Waals surface area (Å²) >= 11 is 0. The first-order valence-corrected chi connectivity index (χ1v) is 49.9. The zero-order valence-corrected chi connectivity index (χ0v) is 95.0. The maximum atomic E-state index is 4.25. The second-order valence-electron chi connectivity index (χ2n) is 16.9. The van der Waals surface area contributed by atoms with Crippen LogP contribution < -0.4 is 0 Å². The summed E-state index contributed by atoms with van der Waals surface area (Å²) in [5, 5.41) is 0. The molecular formula is C127H224O3. The van der Waals surface area contributed by atoms with Crippen LogP contribution in [0, 0.1) is 0 Å². The van der Waals surface area contributed by atoms with E-state index < -0.39 is 0 Å². The van der Waals surface area contributed by atoms with Crippen LogP contribution in [0.4, 0.5) is 0 Å². The summed E-state index contributed by atoms with van der Waals surface area (Å²) in [5.41, 5.74) is 0. The van der Waals surface area contributed by atoms with Crippen LogP contribution in [0.1, 0.15) is 297 Å². The van der Waals surface area contributed by atoms with Gasteiger partial charge in [-0.3, -0.25) is 0 Å². The number of methoxy groups -OCH3 is 3. The fourth-order valence-electron chi connectivity index (χ4n) is 5.00. The summed E-state index contributed by atoms with van der Waals surface area (Å²) < 4.78 is 12.8. The predicted molar refractivity (Wildman–Crippen MR) is 625 cm³/mol. The Labute approximate surface area is 822 Å². The van der Waals surface area contributed by atoms with Crippen LogP contribution in [-0.2, 0) is 14.2 Å². The first-order valence-electron chi connectivity index (χ1n) is 49.9. The second-order valence-corrected chi connectivity index (χ2v) is 16.9. The minimum Gasteiger partial charge on any atom is -0.388 e. The topological polar surface area (TPSA) is 27.7 Å². The van der Waals surface area contributed by atoms with Gasteiger partial charge in [-0.25, -0.2) is 0 Å². The van der Waals surface area contributed by atoms with Gasteiger partial charge in [0.1, 0.15) is 0 Å². The highest BCUT2D eigenvalue weighted by atomic mass is 16.5. The molecule has 0 saturated carbocycles. The average molecular weight is 1800 g/mol. The number of hydrogen-bond donors (Lipinski definition) is 0. The quantitative estimate of drug-likeness (QED) is 0.151. The Hall–Kier alpha value is -10.3. The first-order chi connectivity index (χ1) is 64.7. The van der Waals surface area contributed by atoms with Gasteiger partial charge in [-0.05, 0) is 0 Å². The Bertz CT molecular complexity index is 1780. The number of rotatable bonds is 0. The van der Waals surface area contributed by atoms with Gasteiger partial charge in [-0.15, -0.1) is 0 Å². The maximum Gasteiger partial charge on any atom is 0.0351 e. The Balaban J connectivity index is -0.0000000409. The van der Waals surface area contributed by atoms with Gasteiger partial charge in [-0.1, -0.05) is 770 Å². The van der Waals surface area contributed by atoms with E-state index in [1.54, 1.807) is 42.7 Å². The minimum atomic E-state index is 1.25. The lowest BCUT2D eigenvalue weighted by atomic mass is 10.4. The van der Waals surface area contributed by atoms with Gasteiger partial charge in [0, 0.05) is 42.7 Å². The Kier molecular flexibility index (Phi) is 453. The van der Waals surface area contributed by atoms with Crippen molar-refractivity contribution in [1.29, 1.82) is 0 Å². The molecule has 0 radical (unpaired) electrons. The molecule has 750 valence electrons. The average Bonchev–Trinajstić information content (AvgIpc) is 2.32. The van der Waals surface area contributed by atoms with Gasteiger partial charge in [0.2, 0.25) is 0 Å². The lowest BCUT2D eigenvalue weighted by Crippen LogP contribution is -1.55. The van der Waals surface area contributed by atoms with E-state index in [1.165, 1.54) is 6.42 Å². The zero-order valence-electron chi connectivity index (χ0n) is 95.0. The van der Waals surface area contributed by atoms with Crippen molar-refractivity contribution in [3.05, 3.63) is 473 Å². The van der Waals surface area contributed by atoms with Crippen molar-refractivity contribution in [3.63, 3.8) is 0 Å². The lowest BCUT2D eigenvalue weighted by Gasteiger charge is -1.69. The highest BCUT2D eigenvalue weighted by Gasteiger charge is 1.65. The summed E-state index contributed by atoms with van der Waals surface area (Å²) in [4.78, 5) is 0. The van der Waals surface area contributed by atoms with Crippen molar-refractivity contribution in [1.82, 2.24) is 0 Å². The smallest absolute Gasteiger partial charge is 0.0351 e. The summed E-state index contributed by atoms with van der Waals surface area (Å²) in [6.07, 6.45) is 1.25. The number of ether oxygens (including phenoxy) is 3. The maximum absolute atomic E-state index is 4.25. The summed E-state index contributed by atoms with van der Waals surface area (Å²) in [5.74, 6) is 0. The third-order valence-electron chi connectivity index (χ3n) is 8.67. The highest BCUT2D eigenvalue weighted by Crippen LogP contribution is 1.87. The van der Waals surface area contributed by atoms with Gasteiger partial charge in [-0.2, -0.15) is 0 Å². The van der Waals surface area contributed by atoms with E-state index in [0.717, 1.165) is 0 Å². The van der Waals surface area contributed by atoms with E-state index in [4.69, 9.17) is 0 Å². The minimum absolute atomic E-state index is 1.25. The molecule has 13 aromatic carbocycles. The van der Waals surface area contributed by atoms with Crippen molar-refractivity contribution in [2.75, 3.05) is 42.7 Å². The molecule has 13 aromatic rings. The van der Waals surface area contributed by atoms with Gasteiger partial charge in [0.15, 0.2) is 0 Å². The molecule has 0 aliphatic carbocycles. The normalized spacial score (nSPS) is 6.28. The molecular weight excluding hydrogens is 1570 g/mol. The molecule has 3 nitrogen and oxygen atoms in total. The van der Waals surface area contributed by atoms with Crippen LogP contribution >= 0.6 is 0 Å². The van der Waals surface area contributed by atoms with Crippen molar-refractivity contribution in [2.24, 2.45) is 0 Å².